The molecule has 0 fully saturated rings. The van der Waals surface area contributed by atoms with E-state index in [2.05, 4.69) is 10.1 Å². The van der Waals surface area contributed by atoms with Crippen LogP contribution in [0.3, 0.4) is 0 Å². The van der Waals surface area contributed by atoms with E-state index in [0.717, 1.165) is 21.4 Å². The summed E-state index contributed by atoms with van der Waals surface area (Å²) in [6, 6.07) is 12.8. The van der Waals surface area contributed by atoms with Gasteiger partial charge in [-0.15, -0.1) is 0 Å². The second kappa shape index (κ2) is 7.02. The quantitative estimate of drug-likeness (QED) is 0.531. The molecule has 0 bridgehead atoms. The molecule has 27 heavy (non-hydrogen) atoms. The molecule has 4 aromatic rings. The van der Waals surface area contributed by atoms with Gasteiger partial charge < -0.3 is 0 Å². The maximum atomic E-state index is 13.0. The molecule has 0 unspecified atom stereocenters. The zero-order chi connectivity index (χ0) is 19.0. The second-order valence-corrected chi connectivity index (χ2v) is 7.27. The molecule has 8 heteroatoms. The smallest absolute Gasteiger partial charge is 0.266 e. The highest BCUT2D eigenvalue weighted by atomic mass is 35.5. The first-order valence-corrected chi connectivity index (χ1v) is 9.13. The fourth-order valence-corrected chi connectivity index (χ4v) is 3.59. The molecule has 2 aromatic carbocycles. The summed E-state index contributed by atoms with van der Waals surface area (Å²) in [6.45, 7) is 0. The Balaban J connectivity index is 1.79. The van der Waals surface area contributed by atoms with Gasteiger partial charge in [-0.25, -0.2) is 4.39 Å². The summed E-state index contributed by atoms with van der Waals surface area (Å²) in [6.07, 6.45) is 1.87. The van der Waals surface area contributed by atoms with Gasteiger partial charge in [0.15, 0.2) is 0 Å². The molecule has 0 saturated carbocycles. The number of benzene rings is 2. The average molecular weight is 400 g/mol. The number of rotatable bonds is 3. The monoisotopic (exact) mass is 399 g/mol. The minimum atomic E-state index is -0.501. The number of aromatic nitrogens is 3. The first-order chi connectivity index (χ1) is 13.0. The van der Waals surface area contributed by atoms with E-state index in [4.69, 9.17) is 11.6 Å². The van der Waals surface area contributed by atoms with Gasteiger partial charge >= 0.3 is 0 Å². The van der Waals surface area contributed by atoms with E-state index in [0.29, 0.717) is 15.1 Å². The van der Waals surface area contributed by atoms with Crippen molar-refractivity contribution in [3.63, 3.8) is 0 Å². The topological polar surface area (TPSA) is 64.3 Å². The second-order valence-electron chi connectivity index (χ2n) is 5.83. The minimum Gasteiger partial charge on any atom is -0.266 e. The molecule has 0 aliphatic rings. The Morgan fingerprint density at radius 2 is 1.78 bits per heavy atom. The van der Waals surface area contributed by atoms with Gasteiger partial charge in [-0.05, 0) is 41.5 Å². The molecule has 0 amide bonds. The Morgan fingerprint density at radius 3 is 2.48 bits per heavy atom. The predicted octanol–water partition coefficient (Wildman–Crippen LogP) is 2.44. The van der Waals surface area contributed by atoms with E-state index < -0.39 is 5.56 Å². The average Bonchev–Trinajstić information content (AvgIpc) is 2.94. The lowest BCUT2D eigenvalue weighted by Crippen LogP contribution is -2.28. The first kappa shape index (κ1) is 17.5. The van der Waals surface area contributed by atoms with Crippen LogP contribution in [-0.2, 0) is 6.42 Å². The van der Waals surface area contributed by atoms with E-state index in [1.165, 1.54) is 12.1 Å². The summed E-state index contributed by atoms with van der Waals surface area (Å²) < 4.78 is 14.6. The molecule has 2 heterocycles. The van der Waals surface area contributed by atoms with Crippen molar-refractivity contribution < 1.29 is 4.39 Å². The molecule has 0 N–H and O–H groups in total. The number of hydrogen-bond donors (Lipinski definition) is 0. The van der Waals surface area contributed by atoms with Crippen molar-refractivity contribution >= 4 is 34.0 Å². The summed E-state index contributed by atoms with van der Waals surface area (Å²) in [5, 5.41) is 4.77. The Morgan fingerprint density at radius 1 is 1.07 bits per heavy atom. The van der Waals surface area contributed by atoms with Crippen molar-refractivity contribution in [1.82, 2.24) is 14.6 Å². The van der Waals surface area contributed by atoms with Crippen molar-refractivity contribution in [2.75, 3.05) is 0 Å². The van der Waals surface area contributed by atoms with Crippen LogP contribution in [0, 0.1) is 5.82 Å². The molecule has 0 saturated heterocycles. The molecular formula is C19H11ClFN3O2S. The third kappa shape index (κ3) is 3.65. The van der Waals surface area contributed by atoms with Crippen LogP contribution in [0.2, 0.25) is 5.02 Å². The third-order valence-corrected chi connectivity index (χ3v) is 5.11. The molecule has 134 valence electrons. The number of nitrogens with zero attached hydrogens (tertiary/aromatic N) is 3. The predicted molar refractivity (Wildman–Crippen MR) is 103 cm³/mol. The number of hydrogen-bond acceptors (Lipinski definition) is 5. The molecule has 0 atom stereocenters. The van der Waals surface area contributed by atoms with E-state index in [1.54, 1.807) is 42.5 Å². The van der Waals surface area contributed by atoms with Gasteiger partial charge in [-0.2, -0.15) is 14.6 Å². The van der Waals surface area contributed by atoms with Gasteiger partial charge in [0.1, 0.15) is 11.5 Å². The number of halogens is 2. The summed E-state index contributed by atoms with van der Waals surface area (Å²) in [4.78, 5) is 29.1. The lowest BCUT2D eigenvalue weighted by molar-refractivity contribution is 0.627. The van der Waals surface area contributed by atoms with E-state index >= 15 is 0 Å². The van der Waals surface area contributed by atoms with E-state index in [9.17, 15) is 14.0 Å². The van der Waals surface area contributed by atoms with Crippen molar-refractivity contribution in [2.24, 2.45) is 0 Å². The van der Waals surface area contributed by atoms with Crippen LogP contribution >= 0.6 is 22.9 Å². The van der Waals surface area contributed by atoms with E-state index in [1.807, 2.05) is 0 Å². The molecule has 0 radical (unpaired) electrons. The van der Waals surface area contributed by atoms with Gasteiger partial charge in [-0.3, -0.25) is 9.59 Å². The fraction of sp³-hybridized carbons (Fsp3) is 0.0526. The van der Waals surface area contributed by atoms with Crippen LogP contribution in [0.1, 0.15) is 16.8 Å². The Kier molecular flexibility index (Phi) is 4.55. The molecule has 0 spiro atoms. The Hall–Kier alpha value is -2.90. The van der Waals surface area contributed by atoms with Crippen molar-refractivity contribution in [3.8, 4) is 0 Å². The van der Waals surface area contributed by atoms with Crippen molar-refractivity contribution in [3.05, 3.63) is 101 Å². The summed E-state index contributed by atoms with van der Waals surface area (Å²) in [5.74, 6) is -0.362. The van der Waals surface area contributed by atoms with Crippen molar-refractivity contribution in [1.29, 1.82) is 0 Å². The summed E-state index contributed by atoms with van der Waals surface area (Å²) in [5.41, 5.74) is 0.791. The van der Waals surface area contributed by atoms with Crippen molar-refractivity contribution in [2.45, 2.75) is 6.42 Å². The van der Waals surface area contributed by atoms with Gasteiger partial charge in [-0.1, -0.05) is 47.2 Å². The van der Waals surface area contributed by atoms with Crippen LogP contribution in [0.25, 0.3) is 11.0 Å². The number of fused-ring (bicyclic) bond motifs is 1. The van der Waals surface area contributed by atoms with Crippen LogP contribution in [0.15, 0.2) is 58.1 Å². The first-order valence-electron chi connectivity index (χ1n) is 7.94. The van der Waals surface area contributed by atoms with E-state index in [-0.39, 0.29) is 28.5 Å². The summed E-state index contributed by atoms with van der Waals surface area (Å²) >= 11 is 6.96. The zero-order valence-corrected chi connectivity index (χ0v) is 15.3. The van der Waals surface area contributed by atoms with Crippen LogP contribution in [-0.4, -0.2) is 14.6 Å². The van der Waals surface area contributed by atoms with Gasteiger partial charge in [0.25, 0.3) is 11.1 Å². The number of thiazole rings is 1. The van der Waals surface area contributed by atoms with Gasteiger partial charge in [0, 0.05) is 11.4 Å². The normalized spacial score (nSPS) is 12.0. The molecule has 0 aliphatic heterocycles. The van der Waals surface area contributed by atoms with Crippen LogP contribution < -0.4 is 15.7 Å². The zero-order valence-electron chi connectivity index (χ0n) is 13.7. The molecule has 0 aliphatic carbocycles. The lowest BCUT2D eigenvalue weighted by Gasteiger charge is -2.00. The maximum Gasteiger partial charge on any atom is 0.296 e. The largest absolute Gasteiger partial charge is 0.296 e. The SMILES string of the molecule is O=c1nc2s/c(=C/c3ccc(Cl)cc3)c(=O)n2nc1Cc1ccc(F)cc1. The van der Waals surface area contributed by atoms with Gasteiger partial charge in [0.2, 0.25) is 4.96 Å². The fourth-order valence-electron chi connectivity index (χ4n) is 2.56. The molecule has 5 nitrogen and oxygen atoms in total. The third-order valence-electron chi connectivity index (χ3n) is 3.90. The molecule has 2 aromatic heterocycles. The van der Waals surface area contributed by atoms with Crippen LogP contribution in [0.5, 0.6) is 0 Å². The highest BCUT2D eigenvalue weighted by Crippen LogP contribution is 2.10. The maximum absolute atomic E-state index is 13.0. The summed E-state index contributed by atoms with van der Waals surface area (Å²) in [7, 11) is 0. The van der Waals surface area contributed by atoms with Gasteiger partial charge in [0.05, 0.1) is 4.53 Å². The minimum absolute atomic E-state index is 0.132. The lowest BCUT2D eigenvalue weighted by atomic mass is 10.1. The Bertz CT molecular complexity index is 1300. The highest BCUT2D eigenvalue weighted by molar-refractivity contribution is 7.15. The highest BCUT2D eigenvalue weighted by Gasteiger charge is 2.11. The molecular weight excluding hydrogens is 389 g/mol. The molecule has 4 rings (SSSR count). The van der Waals surface area contributed by atoms with Crippen LogP contribution in [0.4, 0.5) is 4.39 Å². The standard InChI is InChI=1S/C19H11ClFN3O2S/c20-13-5-1-12(2-6-13)10-16-18(26)24-19(27-16)22-17(25)15(23-24)9-11-3-7-14(21)8-4-11/h1-8,10H,9H2/b16-10+. The Labute approximate surface area is 161 Å².